The molecule has 1 aromatic rings. The molecule has 16 heavy (non-hydrogen) atoms. The summed E-state index contributed by atoms with van der Waals surface area (Å²) >= 11 is 3.28. The first kappa shape index (κ1) is 11.8. The van der Waals surface area contributed by atoms with Crippen molar-refractivity contribution in [3.05, 3.63) is 10.3 Å². The number of hydrogen-bond donors (Lipinski definition) is 0. The van der Waals surface area contributed by atoms with Crippen LogP contribution in [0.15, 0.2) is 4.60 Å². The average Bonchev–Trinajstić information content (AvgIpc) is 2.59. The van der Waals surface area contributed by atoms with Gasteiger partial charge in [-0.3, -0.25) is 4.79 Å². The van der Waals surface area contributed by atoms with E-state index in [1.54, 1.807) is 11.7 Å². The van der Waals surface area contributed by atoms with E-state index in [1.807, 2.05) is 0 Å². The van der Waals surface area contributed by atoms with Crippen LogP contribution in [-0.2, 0) is 7.05 Å². The number of Topliss-reactive ketones (excluding diaryl/α,β-unsaturated/α-hetero) is 1. The standard InChI is InChI=1S/C11H16BrN3O/c1-7-3-5-8(6-4-7)10(16)9-11(12)13-14-15(9)2/h7-8H,3-6H2,1-2H3. The lowest BCUT2D eigenvalue weighted by Crippen LogP contribution is -2.23. The minimum atomic E-state index is 0.157. The predicted molar refractivity (Wildman–Crippen MR) is 64.2 cm³/mol. The van der Waals surface area contributed by atoms with Gasteiger partial charge in [-0.25, -0.2) is 4.68 Å². The van der Waals surface area contributed by atoms with Crippen LogP contribution in [-0.4, -0.2) is 20.8 Å². The summed E-state index contributed by atoms with van der Waals surface area (Å²) < 4.78 is 2.13. The fourth-order valence-electron chi connectivity index (χ4n) is 2.31. The smallest absolute Gasteiger partial charge is 0.186 e. The van der Waals surface area contributed by atoms with E-state index in [0.29, 0.717) is 10.3 Å². The Bertz CT molecular complexity index is 374. The number of carbonyl (C=O) groups excluding carboxylic acids is 1. The van der Waals surface area contributed by atoms with E-state index in [2.05, 4.69) is 33.2 Å². The van der Waals surface area contributed by atoms with Crippen molar-refractivity contribution >= 4 is 21.7 Å². The summed E-state index contributed by atoms with van der Waals surface area (Å²) in [7, 11) is 1.76. The lowest BCUT2D eigenvalue weighted by atomic mass is 9.80. The van der Waals surface area contributed by atoms with Gasteiger partial charge in [0, 0.05) is 13.0 Å². The molecule has 1 aliphatic rings. The van der Waals surface area contributed by atoms with Gasteiger partial charge < -0.3 is 0 Å². The molecule has 5 heteroatoms. The summed E-state index contributed by atoms with van der Waals surface area (Å²) in [5.41, 5.74) is 0.611. The molecule has 1 heterocycles. The molecular formula is C11H16BrN3O. The van der Waals surface area contributed by atoms with Crippen molar-refractivity contribution in [1.82, 2.24) is 15.0 Å². The lowest BCUT2D eigenvalue weighted by Gasteiger charge is -2.24. The molecule has 0 unspecified atom stereocenters. The van der Waals surface area contributed by atoms with Crippen LogP contribution in [0.4, 0.5) is 0 Å². The van der Waals surface area contributed by atoms with Crippen LogP contribution in [0.25, 0.3) is 0 Å². The number of ketones is 1. The van der Waals surface area contributed by atoms with E-state index in [1.165, 1.54) is 0 Å². The molecule has 0 spiro atoms. The van der Waals surface area contributed by atoms with Crippen LogP contribution < -0.4 is 0 Å². The molecule has 1 aromatic heterocycles. The quantitative estimate of drug-likeness (QED) is 0.785. The fourth-order valence-corrected chi connectivity index (χ4v) is 2.83. The number of rotatable bonds is 2. The Labute approximate surface area is 104 Å². The lowest BCUT2D eigenvalue weighted by molar-refractivity contribution is 0.0865. The highest BCUT2D eigenvalue weighted by atomic mass is 79.9. The van der Waals surface area contributed by atoms with Gasteiger partial charge in [0.2, 0.25) is 0 Å². The first-order valence-corrected chi connectivity index (χ1v) is 6.48. The Balaban J connectivity index is 2.14. The maximum absolute atomic E-state index is 12.3. The van der Waals surface area contributed by atoms with Crippen molar-refractivity contribution in [1.29, 1.82) is 0 Å². The highest BCUT2D eigenvalue weighted by Crippen LogP contribution is 2.31. The summed E-state index contributed by atoms with van der Waals surface area (Å²) in [6, 6.07) is 0. The molecule has 1 aliphatic carbocycles. The third-order valence-corrected chi connectivity index (χ3v) is 3.94. The highest BCUT2D eigenvalue weighted by Gasteiger charge is 2.28. The third-order valence-electron chi connectivity index (χ3n) is 3.41. The first-order chi connectivity index (χ1) is 7.59. The fraction of sp³-hybridized carbons (Fsp3) is 0.727. The van der Waals surface area contributed by atoms with Gasteiger partial charge >= 0.3 is 0 Å². The van der Waals surface area contributed by atoms with Gasteiger partial charge in [-0.2, -0.15) is 0 Å². The molecular weight excluding hydrogens is 270 g/mol. The largest absolute Gasteiger partial charge is 0.292 e. The SMILES string of the molecule is CC1CCC(C(=O)c2c(Br)nnn2C)CC1. The van der Waals surface area contributed by atoms with Crippen LogP contribution in [0.3, 0.4) is 0 Å². The molecule has 0 N–H and O–H groups in total. The van der Waals surface area contributed by atoms with Gasteiger partial charge in [0.1, 0.15) is 5.69 Å². The topological polar surface area (TPSA) is 47.8 Å². The number of halogens is 1. The molecule has 0 aromatic carbocycles. The van der Waals surface area contributed by atoms with E-state index >= 15 is 0 Å². The molecule has 2 rings (SSSR count). The highest BCUT2D eigenvalue weighted by molar-refractivity contribution is 9.10. The van der Waals surface area contributed by atoms with E-state index < -0.39 is 0 Å². The van der Waals surface area contributed by atoms with E-state index in [-0.39, 0.29) is 11.7 Å². The number of hydrogen-bond acceptors (Lipinski definition) is 3. The zero-order valence-corrected chi connectivity index (χ0v) is 11.2. The molecule has 0 amide bonds. The Morgan fingerprint density at radius 1 is 1.38 bits per heavy atom. The maximum Gasteiger partial charge on any atom is 0.186 e. The van der Waals surface area contributed by atoms with Crippen molar-refractivity contribution in [2.45, 2.75) is 32.6 Å². The van der Waals surface area contributed by atoms with Crippen molar-refractivity contribution in [2.24, 2.45) is 18.9 Å². The Morgan fingerprint density at radius 3 is 2.50 bits per heavy atom. The summed E-state index contributed by atoms with van der Waals surface area (Å²) in [4.78, 5) is 12.3. The van der Waals surface area contributed by atoms with Gasteiger partial charge in [0.15, 0.2) is 10.4 Å². The number of aromatic nitrogens is 3. The second-order valence-corrected chi connectivity index (χ2v) is 5.42. The molecule has 0 bridgehead atoms. The molecule has 1 fully saturated rings. The van der Waals surface area contributed by atoms with Crippen LogP contribution in [0.5, 0.6) is 0 Å². The van der Waals surface area contributed by atoms with Crippen LogP contribution in [0.2, 0.25) is 0 Å². The van der Waals surface area contributed by atoms with E-state index in [0.717, 1.165) is 31.6 Å². The number of carbonyl (C=O) groups is 1. The van der Waals surface area contributed by atoms with Gasteiger partial charge in [-0.05, 0) is 34.7 Å². The van der Waals surface area contributed by atoms with Crippen LogP contribution in [0.1, 0.15) is 43.1 Å². The molecule has 0 radical (unpaired) electrons. The monoisotopic (exact) mass is 285 g/mol. The Morgan fingerprint density at radius 2 is 2.00 bits per heavy atom. The molecule has 0 saturated heterocycles. The zero-order valence-electron chi connectivity index (χ0n) is 9.61. The Kier molecular flexibility index (Phi) is 3.42. The van der Waals surface area contributed by atoms with Gasteiger partial charge in [-0.15, -0.1) is 5.10 Å². The van der Waals surface area contributed by atoms with E-state index in [4.69, 9.17) is 0 Å². The summed E-state index contributed by atoms with van der Waals surface area (Å²) in [6.45, 7) is 2.25. The number of aryl methyl sites for hydroxylation is 1. The van der Waals surface area contributed by atoms with Crippen molar-refractivity contribution in [3.63, 3.8) is 0 Å². The van der Waals surface area contributed by atoms with Gasteiger partial charge in [0.25, 0.3) is 0 Å². The number of nitrogens with zero attached hydrogens (tertiary/aromatic N) is 3. The Hall–Kier alpha value is -0.710. The zero-order chi connectivity index (χ0) is 11.7. The minimum Gasteiger partial charge on any atom is -0.292 e. The molecule has 4 nitrogen and oxygen atoms in total. The van der Waals surface area contributed by atoms with Crippen molar-refractivity contribution in [3.8, 4) is 0 Å². The van der Waals surface area contributed by atoms with Crippen LogP contribution in [0, 0.1) is 11.8 Å². The maximum atomic E-state index is 12.3. The van der Waals surface area contributed by atoms with E-state index in [9.17, 15) is 4.79 Å². The predicted octanol–water partition coefficient (Wildman–Crippen LogP) is 2.59. The molecule has 0 aliphatic heterocycles. The van der Waals surface area contributed by atoms with Crippen LogP contribution >= 0.6 is 15.9 Å². The normalized spacial score (nSPS) is 25.7. The van der Waals surface area contributed by atoms with Crippen molar-refractivity contribution in [2.75, 3.05) is 0 Å². The molecule has 1 saturated carbocycles. The molecule has 88 valence electrons. The first-order valence-electron chi connectivity index (χ1n) is 5.69. The second kappa shape index (κ2) is 4.65. The molecule has 0 atom stereocenters. The van der Waals surface area contributed by atoms with Crippen molar-refractivity contribution < 1.29 is 4.79 Å². The van der Waals surface area contributed by atoms with Gasteiger partial charge in [0.05, 0.1) is 0 Å². The summed E-state index contributed by atoms with van der Waals surface area (Å²) in [5.74, 6) is 1.10. The summed E-state index contributed by atoms with van der Waals surface area (Å²) in [6.07, 6.45) is 4.30. The average molecular weight is 286 g/mol. The third kappa shape index (κ3) is 2.19. The summed E-state index contributed by atoms with van der Waals surface area (Å²) in [5, 5.41) is 7.70. The van der Waals surface area contributed by atoms with Gasteiger partial charge in [-0.1, -0.05) is 25.0 Å². The minimum absolute atomic E-state index is 0.157. The second-order valence-electron chi connectivity index (χ2n) is 4.67.